The number of nitrogens with zero attached hydrogens (tertiary/aromatic N) is 1. The van der Waals surface area contributed by atoms with Crippen LogP contribution in [0.3, 0.4) is 0 Å². The Bertz CT molecular complexity index is 584. The van der Waals surface area contributed by atoms with E-state index in [-0.39, 0.29) is 11.6 Å². The number of alkyl halides is 3. The molecule has 0 unspecified atom stereocenters. The van der Waals surface area contributed by atoms with E-state index < -0.39 is 11.9 Å². The molecule has 0 aliphatic heterocycles. The Morgan fingerprint density at radius 3 is 2.42 bits per heavy atom. The van der Waals surface area contributed by atoms with E-state index in [2.05, 4.69) is 11.6 Å². The average Bonchev–Trinajstić information content (AvgIpc) is 2.84. The van der Waals surface area contributed by atoms with Crippen molar-refractivity contribution in [1.29, 1.82) is 0 Å². The summed E-state index contributed by atoms with van der Waals surface area (Å²) in [6, 6.07) is 8.47. The molecule has 1 aromatic carbocycles. The highest BCUT2D eigenvalue weighted by molar-refractivity contribution is 5.65. The first kappa shape index (κ1) is 13.4. The number of halogens is 3. The van der Waals surface area contributed by atoms with E-state index in [9.17, 15) is 13.2 Å². The SMILES string of the molecule is C=C(CC)c1nc(-c2ccccc2)oc1C(F)(F)F. The minimum absolute atomic E-state index is 0.0440. The van der Waals surface area contributed by atoms with Gasteiger partial charge in [0.25, 0.3) is 0 Å². The summed E-state index contributed by atoms with van der Waals surface area (Å²) in [6.45, 7) is 5.32. The van der Waals surface area contributed by atoms with Crippen LogP contribution in [0.2, 0.25) is 0 Å². The molecule has 19 heavy (non-hydrogen) atoms. The van der Waals surface area contributed by atoms with Gasteiger partial charge in [-0.2, -0.15) is 13.2 Å². The number of hydrogen-bond donors (Lipinski definition) is 0. The fraction of sp³-hybridized carbons (Fsp3) is 0.214. The van der Waals surface area contributed by atoms with Gasteiger partial charge in [-0.15, -0.1) is 0 Å². The molecule has 0 bridgehead atoms. The van der Waals surface area contributed by atoms with Crippen molar-refractivity contribution in [3.8, 4) is 11.5 Å². The van der Waals surface area contributed by atoms with Crippen molar-refractivity contribution < 1.29 is 17.6 Å². The summed E-state index contributed by atoms with van der Waals surface area (Å²) in [7, 11) is 0. The van der Waals surface area contributed by atoms with Gasteiger partial charge in [0.1, 0.15) is 5.69 Å². The molecular formula is C14H12F3NO. The third-order valence-corrected chi connectivity index (χ3v) is 2.67. The van der Waals surface area contributed by atoms with Crippen LogP contribution >= 0.6 is 0 Å². The number of benzene rings is 1. The smallest absolute Gasteiger partial charge is 0.431 e. The lowest BCUT2D eigenvalue weighted by Gasteiger charge is -2.04. The Hall–Kier alpha value is -2.04. The van der Waals surface area contributed by atoms with Crippen molar-refractivity contribution in [3.05, 3.63) is 48.4 Å². The molecule has 2 nitrogen and oxygen atoms in total. The third-order valence-electron chi connectivity index (χ3n) is 2.67. The van der Waals surface area contributed by atoms with Crippen molar-refractivity contribution in [2.24, 2.45) is 0 Å². The monoisotopic (exact) mass is 267 g/mol. The summed E-state index contributed by atoms with van der Waals surface area (Å²) >= 11 is 0. The predicted molar refractivity (Wildman–Crippen MR) is 66.3 cm³/mol. The molecule has 0 fully saturated rings. The van der Waals surface area contributed by atoms with Crippen LogP contribution in [-0.2, 0) is 6.18 Å². The Labute approximate surface area is 108 Å². The molecule has 0 saturated carbocycles. The zero-order chi connectivity index (χ0) is 14.0. The van der Waals surface area contributed by atoms with Crippen LogP contribution in [-0.4, -0.2) is 4.98 Å². The van der Waals surface area contributed by atoms with Crippen LogP contribution in [0.4, 0.5) is 13.2 Å². The summed E-state index contributed by atoms with van der Waals surface area (Å²) in [5.74, 6) is -1.13. The number of allylic oxidation sites excluding steroid dienone is 1. The molecule has 100 valence electrons. The second kappa shape index (κ2) is 4.91. The van der Waals surface area contributed by atoms with Gasteiger partial charge in [-0.05, 0) is 24.1 Å². The van der Waals surface area contributed by atoms with E-state index in [1.807, 2.05) is 0 Å². The molecule has 0 atom stereocenters. The minimum Gasteiger partial charge on any atom is -0.431 e. The molecule has 0 aliphatic rings. The van der Waals surface area contributed by atoms with Crippen LogP contribution in [0.25, 0.3) is 17.0 Å². The zero-order valence-corrected chi connectivity index (χ0v) is 10.3. The van der Waals surface area contributed by atoms with Gasteiger partial charge in [0, 0.05) is 5.56 Å². The molecule has 0 aliphatic carbocycles. The summed E-state index contributed by atoms with van der Waals surface area (Å²) in [5.41, 5.74) is 0.593. The summed E-state index contributed by atoms with van der Waals surface area (Å²) in [6.07, 6.45) is -4.20. The highest BCUT2D eigenvalue weighted by Gasteiger charge is 2.40. The zero-order valence-electron chi connectivity index (χ0n) is 10.3. The van der Waals surface area contributed by atoms with E-state index in [0.717, 1.165) is 0 Å². The molecule has 2 rings (SSSR count). The molecule has 0 radical (unpaired) electrons. The highest BCUT2D eigenvalue weighted by Crippen LogP contribution is 2.38. The second-order valence-electron chi connectivity index (χ2n) is 4.02. The van der Waals surface area contributed by atoms with Crippen LogP contribution in [0.5, 0.6) is 0 Å². The maximum atomic E-state index is 12.9. The Kier molecular flexibility index (Phi) is 3.46. The quantitative estimate of drug-likeness (QED) is 0.799. The van der Waals surface area contributed by atoms with Gasteiger partial charge in [0.2, 0.25) is 11.7 Å². The van der Waals surface area contributed by atoms with Gasteiger partial charge in [0.15, 0.2) is 0 Å². The molecule has 5 heteroatoms. The summed E-state index contributed by atoms with van der Waals surface area (Å²) in [5, 5.41) is 0. The van der Waals surface area contributed by atoms with E-state index in [1.165, 1.54) is 0 Å². The van der Waals surface area contributed by atoms with Crippen molar-refractivity contribution >= 4 is 5.57 Å². The Morgan fingerprint density at radius 2 is 1.89 bits per heavy atom. The summed E-state index contributed by atoms with van der Waals surface area (Å²) in [4.78, 5) is 3.93. The van der Waals surface area contributed by atoms with Gasteiger partial charge in [-0.25, -0.2) is 4.98 Å². The van der Waals surface area contributed by atoms with E-state index in [4.69, 9.17) is 4.42 Å². The molecule has 0 spiro atoms. The summed E-state index contributed by atoms with van der Waals surface area (Å²) < 4.78 is 43.6. The van der Waals surface area contributed by atoms with Gasteiger partial charge < -0.3 is 4.42 Å². The third kappa shape index (κ3) is 2.70. The van der Waals surface area contributed by atoms with E-state index in [1.54, 1.807) is 37.3 Å². The number of oxazole rings is 1. The first-order valence-corrected chi connectivity index (χ1v) is 5.75. The van der Waals surface area contributed by atoms with Crippen molar-refractivity contribution in [1.82, 2.24) is 4.98 Å². The standard InChI is InChI=1S/C14H12F3NO/c1-3-9(2)11-12(14(15,16)17)19-13(18-11)10-7-5-4-6-8-10/h4-8H,2-3H2,1H3. The lowest BCUT2D eigenvalue weighted by molar-refractivity contribution is -0.152. The lowest BCUT2D eigenvalue weighted by atomic mass is 10.1. The topological polar surface area (TPSA) is 26.0 Å². The number of aromatic nitrogens is 1. The van der Waals surface area contributed by atoms with Gasteiger partial charge in [0.05, 0.1) is 0 Å². The molecule has 0 N–H and O–H groups in total. The van der Waals surface area contributed by atoms with Crippen LogP contribution in [0.1, 0.15) is 24.8 Å². The number of hydrogen-bond acceptors (Lipinski definition) is 2. The highest BCUT2D eigenvalue weighted by atomic mass is 19.4. The largest absolute Gasteiger partial charge is 0.451 e. The molecule has 2 aromatic rings. The maximum absolute atomic E-state index is 12.9. The Morgan fingerprint density at radius 1 is 1.26 bits per heavy atom. The molecule has 0 amide bonds. The van der Waals surface area contributed by atoms with E-state index >= 15 is 0 Å². The van der Waals surface area contributed by atoms with Crippen molar-refractivity contribution in [3.63, 3.8) is 0 Å². The molecule has 1 aromatic heterocycles. The van der Waals surface area contributed by atoms with Gasteiger partial charge in [-0.3, -0.25) is 0 Å². The fourth-order valence-corrected chi connectivity index (χ4v) is 1.62. The second-order valence-corrected chi connectivity index (χ2v) is 4.02. The molecule has 0 saturated heterocycles. The van der Waals surface area contributed by atoms with Crippen molar-refractivity contribution in [2.75, 3.05) is 0 Å². The minimum atomic E-state index is -4.58. The first-order chi connectivity index (χ1) is 8.93. The molecular weight excluding hydrogens is 255 g/mol. The predicted octanol–water partition coefficient (Wildman–Crippen LogP) is 4.78. The van der Waals surface area contributed by atoms with Crippen LogP contribution in [0, 0.1) is 0 Å². The number of rotatable bonds is 3. The van der Waals surface area contributed by atoms with Crippen molar-refractivity contribution in [2.45, 2.75) is 19.5 Å². The Balaban J connectivity index is 2.55. The normalized spacial score (nSPS) is 11.6. The fourth-order valence-electron chi connectivity index (χ4n) is 1.62. The van der Waals surface area contributed by atoms with Crippen LogP contribution < -0.4 is 0 Å². The lowest BCUT2D eigenvalue weighted by Crippen LogP contribution is -2.06. The average molecular weight is 267 g/mol. The van der Waals surface area contributed by atoms with Gasteiger partial charge in [-0.1, -0.05) is 31.7 Å². The van der Waals surface area contributed by atoms with E-state index in [0.29, 0.717) is 17.6 Å². The molecule has 1 heterocycles. The van der Waals surface area contributed by atoms with Gasteiger partial charge >= 0.3 is 6.18 Å². The van der Waals surface area contributed by atoms with Crippen LogP contribution in [0.15, 0.2) is 41.3 Å². The first-order valence-electron chi connectivity index (χ1n) is 5.75. The maximum Gasteiger partial charge on any atom is 0.451 e.